The summed E-state index contributed by atoms with van der Waals surface area (Å²) in [5, 5.41) is 2.14. The van der Waals surface area contributed by atoms with Gasteiger partial charge in [-0.1, -0.05) is 110 Å². The summed E-state index contributed by atoms with van der Waals surface area (Å²) >= 11 is 0. The predicted molar refractivity (Wildman–Crippen MR) is 184 cm³/mol. The van der Waals surface area contributed by atoms with Crippen LogP contribution < -0.4 is 4.74 Å². The topological polar surface area (TPSA) is 69.7 Å². The van der Waals surface area contributed by atoms with Gasteiger partial charge in [0.05, 0.1) is 0 Å². The second-order valence-corrected chi connectivity index (χ2v) is 10.4. The molecule has 4 aromatic rings. The van der Waals surface area contributed by atoms with E-state index in [1.165, 1.54) is 47.9 Å². The van der Waals surface area contributed by atoms with Crippen LogP contribution in [0.5, 0.6) is 5.75 Å². The van der Waals surface area contributed by atoms with Crippen molar-refractivity contribution in [1.82, 2.24) is 0 Å². The van der Waals surface area contributed by atoms with Crippen molar-refractivity contribution < 1.29 is 23.9 Å². The Morgan fingerprint density at radius 3 is 1.84 bits per heavy atom. The Kier molecular flexibility index (Phi) is 15.5. The summed E-state index contributed by atoms with van der Waals surface area (Å²) in [5.74, 6) is 0.342. The van der Waals surface area contributed by atoms with Gasteiger partial charge in [-0.25, -0.2) is 4.79 Å². The van der Waals surface area contributed by atoms with E-state index in [2.05, 4.69) is 12.6 Å². The first-order valence-electron chi connectivity index (χ1n) is 15.1. The molecule has 5 heteroatoms. The summed E-state index contributed by atoms with van der Waals surface area (Å²) in [5.41, 5.74) is 5.80. The summed E-state index contributed by atoms with van der Waals surface area (Å²) in [6.07, 6.45) is 6.68. The summed E-state index contributed by atoms with van der Waals surface area (Å²) in [6, 6.07) is 27.9. The maximum Gasteiger partial charge on any atom is 0.336 e. The highest BCUT2D eigenvalue weighted by Gasteiger charge is 2.04. The first-order valence-corrected chi connectivity index (χ1v) is 15.1. The Morgan fingerprint density at radius 2 is 1.22 bits per heavy atom. The Labute approximate surface area is 267 Å². The second-order valence-electron chi connectivity index (χ2n) is 10.4. The van der Waals surface area contributed by atoms with E-state index >= 15 is 0 Å². The number of fused-ring (bicyclic) bond motifs is 1. The lowest BCUT2D eigenvalue weighted by atomic mass is 10.1. The van der Waals surface area contributed by atoms with Gasteiger partial charge in [0, 0.05) is 12.5 Å². The molecule has 4 aromatic carbocycles. The van der Waals surface area contributed by atoms with E-state index in [1.807, 2.05) is 107 Å². The molecule has 0 aliphatic rings. The van der Waals surface area contributed by atoms with Crippen molar-refractivity contribution in [3.63, 3.8) is 0 Å². The average Bonchev–Trinajstić information content (AvgIpc) is 3.03. The second kappa shape index (κ2) is 19.3. The molecule has 0 aromatic heterocycles. The lowest BCUT2D eigenvalue weighted by Gasteiger charge is -2.06. The Morgan fingerprint density at radius 1 is 0.667 bits per heavy atom. The van der Waals surface area contributed by atoms with E-state index in [1.54, 1.807) is 6.07 Å². The molecule has 0 heterocycles. The van der Waals surface area contributed by atoms with Crippen molar-refractivity contribution >= 4 is 28.3 Å². The number of carbonyl (C=O) groups is 3. The summed E-state index contributed by atoms with van der Waals surface area (Å²) in [6.45, 7) is 15.8. The lowest BCUT2D eigenvalue weighted by Crippen LogP contribution is -2.04. The molecule has 4 rings (SSSR count). The van der Waals surface area contributed by atoms with E-state index in [0.29, 0.717) is 24.5 Å². The van der Waals surface area contributed by atoms with Crippen LogP contribution in [0, 0.1) is 20.8 Å². The van der Waals surface area contributed by atoms with E-state index in [-0.39, 0.29) is 11.6 Å². The third-order valence-corrected chi connectivity index (χ3v) is 6.42. The van der Waals surface area contributed by atoms with Crippen molar-refractivity contribution in [1.29, 1.82) is 0 Å². The third-order valence-electron chi connectivity index (χ3n) is 6.42. The first kappa shape index (κ1) is 36.2. The molecule has 0 spiro atoms. The normalized spacial score (nSPS) is 10.4. The van der Waals surface area contributed by atoms with Gasteiger partial charge in [-0.3, -0.25) is 9.59 Å². The van der Waals surface area contributed by atoms with Crippen molar-refractivity contribution in [3.8, 4) is 5.75 Å². The third kappa shape index (κ3) is 14.3. The maximum absolute atomic E-state index is 12.0. The summed E-state index contributed by atoms with van der Waals surface area (Å²) in [7, 11) is 0. The van der Waals surface area contributed by atoms with Crippen LogP contribution in [0.4, 0.5) is 0 Å². The van der Waals surface area contributed by atoms with Crippen molar-refractivity contribution in [2.24, 2.45) is 0 Å². The number of hydrogen-bond acceptors (Lipinski definition) is 5. The molecule has 0 bridgehead atoms. The van der Waals surface area contributed by atoms with Crippen molar-refractivity contribution in [2.75, 3.05) is 0 Å². The number of rotatable bonds is 11. The molecule has 0 aliphatic heterocycles. The van der Waals surface area contributed by atoms with Gasteiger partial charge in [0.15, 0.2) is 11.6 Å². The number of carbonyl (C=O) groups excluding carboxylic acids is 3. The van der Waals surface area contributed by atoms with Gasteiger partial charge in [0.2, 0.25) is 0 Å². The molecule has 0 fully saturated rings. The molecule has 0 radical (unpaired) electrons. The van der Waals surface area contributed by atoms with Gasteiger partial charge < -0.3 is 9.47 Å². The van der Waals surface area contributed by atoms with Crippen molar-refractivity contribution in [2.45, 2.75) is 61.0 Å². The molecule has 45 heavy (non-hydrogen) atoms. The van der Waals surface area contributed by atoms with Crippen molar-refractivity contribution in [3.05, 3.63) is 149 Å². The Balaban J connectivity index is 0.000000335. The fraction of sp³-hybridized carbons (Fsp3) is 0.225. The zero-order valence-electron chi connectivity index (χ0n) is 27.3. The largest absolute Gasteiger partial charge is 0.490 e. The van der Waals surface area contributed by atoms with Gasteiger partial charge in [0.25, 0.3) is 0 Å². The van der Waals surface area contributed by atoms with Crippen LogP contribution in [0.15, 0.2) is 122 Å². The molecule has 5 nitrogen and oxygen atoms in total. The molecule has 0 unspecified atom stereocenters. The number of ether oxygens (including phenoxy) is 2. The maximum atomic E-state index is 12.0. The van der Waals surface area contributed by atoms with Crippen LogP contribution in [0.3, 0.4) is 0 Å². The zero-order valence-corrected chi connectivity index (χ0v) is 27.3. The molecular weight excluding hydrogens is 560 g/mol. The van der Waals surface area contributed by atoms with E-state index in [4.69, 9.17) is 9.47 Å². The minimum Gasteiger partial charge on any atom is -0.490 e. The zero-order chi connectivity index (χ0) is 33.2. The van der Waals surface area contributed by atoms with Crippen LogP contribution in [0.2, 0.25) is 0 Å². The minimum atomic E-state index is -0.471. The van der Waals surface area contributed by atoms with E-state index < -0.39 is 5.97 Å². The molecule has 0 N–H and O–H groups in total. The average molecular weight is 605 g/mol. The van der Waals surface area contributed by atoms with E-state index in [0.717, 1.165) is 28.3 Å². The SMILES string of the molecule is C=C(/C=C/C(=O)Oc1ccc2cc(C)ccc2c1)OCc1ccc(C)cc1.CC.CC(=O)/C=C/C(=O)CCc1ccc(C)cc1. The highest BCUT2D eigenvalue weighted by atomic mass is 16.5. The van der Waals surface area contributed by atoms with Crippen LogP contribution in [0.1, 0.15) is 55.0 Å². The molecular formula is C40H44O5. The molecule has 0 atom stereocenters. The number of esters is 1. The molecule has 0 aliphatic carbocycles. The van der Waals surface area contributed by atoms with Crippen LogP contribution >= 0.6 is 0 Å². The summed E-state index contributed by atoms with van der Waals surface area (Å²) in [4.78, 5) is 34.0. The van der Waals surface area contributed by atoms with Gasteiger partial charge in [0.1, 0.15) is 18.1 Å². The van der Waals surface area contributed by atoms with Crippen LogP contribution in [-0.2, 0) is 32.1 Å². The highest BCUT2D eigenvalue weighted by molar-refractivity contribution is 5.97. The number of ketones is 2. The Hall–Kier alpha value is -5.03. The lowest BCUT2D eigenvalue weighted by molar-refractivity contribution is -0.129. The van der Waals surface area contributed by atoms with Gasteiger partial charge >= 0.3 is 5.97 Å². The minimum absolute atomic E-state index is 0.00391. The quantitative estimate of drug-likeness (QED) is 0.0561. The van der Waals surface area contributed by atoms with Gasteiger partial charge in [-0.15, -0.1) is 0 Å². The molecule has 0 amide bonds. The fourth-order valence-corrected chi connectivity index (χ4v) is 3.94. The molecule has 234 valence electrons. The number of allylic oxidation sites excluding steroid dienone is 3. The van der Waals surface area contributed by atoms with Gasteiger partial charge in [-0.05, 0) is 86.4 Å². The monoisotopic (exact) mass is 604 g/mol. The van der Waals surface area contributed by atoms with Crippen LogP contribution in [0.25, 0.3) is 10.8 Å². The number of benzene rings is 4. The standard InChI is InChI=1S/C24H22O3.C14H16O2.C2H6/c1-17-4-8-20(9-5-17)16-26-19(3)7-13-24(25)27-23-12-11-21-14-18(2)6-10-22(21)15-23;1-11-3-6-13(7-4-11)8-10-14(16)9-5-12(2)15;1-2/h4-15H,3,16H2,1-2H3;3-7,9H,8,10H2,1-2H3;1-2H3/b13-7+;9-5+;. The number of hydrogen-bond donors (Lipinski definition) is 0. The highest BCUT2D eigenvalue weighted by Crippen LogP contribution is 2.22. The van der Waals surface area contributed by atoms with E-state index in [9.17, 15) is 14.4 Å². The predicted octanol–water partition coefficient (Wildman–Crippen LogP) is 9.32. The Bertz CT molecular complexity index is 1620. The molecule has 0 saturated carbocycles. The molecule has 0 saturated heterocycles. The summed E-state index contributed by atoms with van der Waals surface area (Å²) < 4.78 is 10.9. The van der Waals surface area contributed by atoms with Gasteiger partial charge in [-0.2, -0.15) is 0 Å². The number of aryl methyl sites for hydroxylation is 4. The first-order chi connectivity index (χ1) is 21.6. The smallest absolute Gasteiger partial charge is 0.336 e. The van der Waals surface area contributed by atoms with Crippen LogP contribution in [-0.4, -0.2) is 17.5 Å². The fourth-order valence-electron chi connectivity index (χ4n) is 3.94.